The zero-order valence-electron chi connectivity index (χ0n) is 9.63. The fourth-order valence-electron chi connectivity index (χ4n) is 1.83. The molecule has 1 aromatic carbocycles. The monoisotopic (exact) mass is 329 g/mol. The minimum atomic E-state index is 0.136. The fourth-order valence-corrected chi connectivity index (χ4v) is 3.80. The van der Waals surface area contributed by atoms with Crippen molar-refractivity contribution in [2.24, 2.45) is 0 Å². The van der Waals surface area contributed by atoms with Gasteiger partial charge in [-0.25, -0.2) is 0 Å². The smallest absolute Gasteiger partial charge is 0.0694 e. The number of rotatable bonds is 3. The van der Waals surface area contributed by atoms with Crippen molar-refractivity contribution in [1.82, 2.24) is 5.32 Å². The fraction of sp³-hybridized carbons (Fsp3) is 0.231. The molecule has 1 aromatic heterocycles. The molecule has 2 aromatic rings. The molecule has 90 valence electrons. The van der Waals surface area contributed by atoms with Gasteiger partial charge in [-0.05, 0) is 52.5 Å². The molecule has 2 rings (SSSR count). The van der Waals surface area contributed by atoms with Gasteiger partial charge in [0.05, 0.1) is 6.04 Å². The standard InChI is InChI=1S/C13H13BrClNS/c1-8-4-3-5-9(11(8)15)12(16-2)13-10(14)6-7-17-13/h3-7,12,16H,1-2H3. The molecular weight excluding hydrogens is 318 g/mol. The second-order valence-corrected chi connectivity index (χ2v) is 6.01. The molecule has 1 heterocycles. The maximum absolute atomic E-state index is 6.39. The Balaban J connectivity index is 2.50. The highest BCUT2D eigenvalue weighted by molar-refractivity contribution is 9.10. The van der Waals surface area contributed by atoms with E-state index in [-0.39, 0.29) is 6.04 Å². The van der Waals surface area contributed by atoms with Gasteiger partial charge in [-0.2, -0.15) is 0 Å². The second-order valence-electron chi connectivity index (χ2n) is 3.83. The van der Waals surface area contributed by atoms with Gasteiger partial charge in [0, 0.05) is 14.4 Å². The summed E-state index contributed by atoms with van der Waals surface area (Å²) < 4.78 is 1.12. The molecule has 0 spiro atoms. The van der Waals surface area contributed by atoms with Crippen LogP contribution in [0.3, 0.4) is 0 Å². The number of hydrogen-bond donors (Lipinski definition) is 1. The van der Waals surface area contributed by atoms with Gasteiger partial charge >= 0.3 is 0 Å². The topological polar surface area (TPSA) is 12.0 Å². The Labute approximate surface area is 119 Å². The summed E-state index contributed by atoms with van der Waals surface area (Å²) in [4.78, 5) is 1.25. The average molecular weight is 331 g/mol. The molecular formula is C13H13BrClNS. The van der Waals surface area contributed by atoms with Crippen LogP contribution in [0.5, 0.6) is 0 Å². The Morgan fingerprint density at radius 1 is 1.35 bits per heavy atom. The van der Waals surface area contributed by atoms with Crippen LogP contribution in [0.2, 0.25) is 5.02 Å². The first-order valence-electron chi connectivity index (χ1n) is 5.30. The number of benzene rings is 1. The highest BCUT2D eigenvalue weighted by Gasteiger charge is 2.19. The van der Waals surface area contributed by atoms with Crippen LogP contribution in [-0.2, 0) is 0 Å². The molecule has 0 bridgehead atoms. The molecule has 0 amide bonds. The van der Waals surface area contributed by atoms with Crippen molar-refractivity contribution in [3.63, 3.8) is 0 Å². The zero-order valence-corrected chi connectivity index (χ0v) is 12.8. The van der Waals surface area contributed by atoms with Crippen LogP contribution in [0.15, 0.2) is 34.1 Å². The van der Waals surface area contributed by atoms with Gasteiger partial charge in [-0.1, -0.05) is 29.8 Å². The van der Waals surface area contributed by atoms with E-state index in [1.54, 1.807) is 11.3 Å². The lowest BCUT2D eigenvalue weighted by molar-refractivity contribution is 0.701. The Bertz CT molecular complexity index is 524. The molecule has 0 aliphatic carbocycles. The summed E-state index contributed by atoms with van der Waals surface area (Å²) >= 11 is 11.7. The third-order valence-electron chi connectivity index (χ3n) is 2.73. The Morgan fingerprint density at radius 3 is 2.71 bits per heavy atom. The summed E-state index contributed by atoms with van der Waals surface area (Å²) in [6.07, 6.45) is 0. The number of thiophene rings is 1. The van der Waals surface area contributed by atoms with Crippen molar-refractivity contribution in [3.8, 4) is 0 Å². The lowest BCUT2D eigenvalue weighted by Crippen LogP contribution is -2.17. The number of hydrogen-bond acceptors (Lipinski definition) is 2. The van der Waals surface area contributed by atoms with Gasteiger partial charge < -0.3 is 5.32 Å². The molecule has 4 heteroatoms. The lowest BCUT2D eigenvalue weighted by atomic mass is 10.0. The minimum Gasteiger partial charge on any atom is -0.309 e. The summed E-state index contributed by atoms with van der Waals surface area (Å²) in [6.45, 7) is 2.03. The summed E-state index contributed by atoms with van der Waals surface area (Å²) in [5.74, 6) is 0. The molecule has 0 saturated heterocycles. The van der Waals surface area contributed by atoms with E-state index in [9.17, 15) is 0 Å². The summed E-state index contributed by atoms with van der Waals surface area (Å²) in [7, 11) is 1.95. The SMILES string of the molecule is CNC(c1cccc(C)c1Cl)c1sccc1Br. The van der Waals surface area contributed by atoms with E-state index in [1.807, 2.05) is 26.1 Å². The number of halogens is 2. The van der Waals surface area contributed by atoms with Crippen LogP contribution in [0, 0.1) is 6.92 Å². The van der Waals surface area contributed by atoms with Gasteiger partial charge in [-0.15, -0.1) is 11.3 Å². The van der Waals surface area contributed by atoms with Gasteiger partial charge in [0.1, 0.15) is 0 Å². The molecule has 0 radical (unpaired) electrons. The molecule has 0 saturated carbocycles. The lowest BCUT2D eigenvalue weighted by Gasteiger charge is -2.18. The Kier molecular flexibility index (Phi) is 4.26. The van der Waals surface area contributed by atoms with E-state index in [2.05, 4.69) is 38.8 Å². The second kappa shape index (κ2) is 5.53. The molecule has 0 aliphatic rings. The predicted octanol–water partition coefficient (Wildman–Crippen LogP) is 4.78. The first kappa shape index (κ1) is 13.1. The Morgan fingerprint density at radius 2 is 2.12 bits per heavy atom. The van der Waals surface area contributed by atoms with E-state index in [1.165, 1.54) is 4.88 Å². The van der Waals surface area contributed by atoms with Crippen LogP contribution in [0.25, 0.3) is 0 Å². The van der Waals surface area contributed by atoms with E-state index in [0.717, 1.165) is 20.6 Å². The van der Waals surface area contributed by atoms with Gasteiger partial charge in [0.15, 0.2) is 0 Å². The van der Waals surface area contributed by atoms with Gasteiger partial charge in [0.2, 0.25) is 0 Å². The normalized spacial score (nSPS) is 12.7. The maximum atomic E-state index is 6.39. The largest absolute Gasteiger partial charge is 0.309 e. The van der Waals surface area contributed by atoms with Crippen molar-refractivity contribution in [1.29, 1.82) is 0 Å². The maximum Gasteiger partial charge on any atom is 0.0694 e. The quantitative estimate of drug-likeness (QED) is 0.854. The first-order chi connectivity index (χ1) is 8.15. The molecule has 0 fully saturated rings. The molecule has 1 unspecified atom stereocenters. The van der Waals surface area contributed by atoms with Crippen molar-refractivity contribution in [2.45, 2.75) is 13.0 Å². The first-order valence-corrected chi connectivity index (χ1v) is 7.35. The van der Waals surface area contributed by atoms with Gasteiger partial charge in [-0.3, -0.25) is 0 Å². The molecule has 1 N–H and O–H groups in total. The van der Waals surface area contributed by atoms with Crippen molar-refractivity contribution in [2.75, 3.05) is 7.05 Å². The third-order valence-corrected chi connectivity index (χ3v) is 5.18. The highest BCUT2D eigenvalue weighted by atomic mass is 79.9. The Hall–Kier alpha value is -0.350. The van der Waals surface area contributed by atoms with Crippen LogP contribution in [0.1, 0.15) is 22.0 Å². The predicted molar refractivity (Wildman–Crippen MR) is 79.1 cm³/mol. The summed E-state index contributed by atoms with van der Waals surface area (Å²) in [6, 6.07) is 8.35. The van der Waals surface area contributed by atoms with Crippen molar-refractivity contribution in [3.05, 3.63) is 55.1 Å². The molecule has 1 nitrogen and oxygen atoms in total. The van der Waals surface area contributed by atoms with Crippen molar-refractivity contribution < 1.29 is 0 Å². The summed E-state index contributed by atoms with van der Waals surface area (Å²) in [5.41, 5.74) is 2.23. The highest BCUT2D eigenvalue weighted by Crippen LogP contribution is 2.36. The minimum absolute atomic E-state index is 0.136. The van der Waals surface area contributed by atoms with Crippen LogP contribution in [-0.4, -0.2) is 7.05 Å². The van der Waals surface area contributed by atoms with Crippen LogP contribution < -0.4 is 5.32 Å². The third kappa shape index (κ3) is 2.58. The van der Waals surface area contributed by atoms with E-state index >= 15 is 0 Å². The van der Waals surface area contributed by atoms with E-state index in [4.69, 9.17) is 11.6 Å². The molecule has 1 atom stereocenters. The number of nitrogens with one attached hydrogen (secondary N) is 1. The van der Waals surface area contributed by atoms with E-state index in [0.29, 0.717) is 0 Å². The van der Waals surface area contributed by atoms with Crippen molar-refractivity contribution >= 4 is 38.9 Å². The average Bonchev–Trinajstić information content (AvgIpc) is 2.72. The summed E-state index contributed by atoms with van der Waals surface area (Å²) in [5, 5.41) is 6.24. The number of aryl methyl sites for hydroxylation is 1. The molecule has 17 heavy (non-hydrogen) atoms. The van der Waals surface area contributed by atoms with Gasteiger partial charge in [0.25, 0.3) is 0 Å². The van der Waals surface area contributed by atoms with Crippen LogP contribution >= 0.6 is 38.9 Å². The van der Waals surface area contributed by atoms with Crippen LogP contribution in [0.4, 0.5) is 0 Å². The molecule has 0 aliphatic heterocycles. The zero-order chi connectivity index (χ0) is 12.4. The van der Waals surface area contributed by atoms with E-state index < -0.39 is 0 Å².